The Labute approximate surface area is 159 Å². The van der Waals surface area contributed by atoms with Gasteiger partial charge in [0, 0.05) is 40.8 Å². The number of hydrogen-bond acceptors (Lipinski definition) is 6. The molecule has 7 nitrogen and oxygen atoms in total. The molecule has 0 aliphatic rings. The monoisotopic (exact) mass is 375 g/mol. The van der Waals surface area contributed by atoms with Crippen molar-refractivity contribution >= 4 is 33.5 Å². The van der Waals surface area contributed by atoms with E-state index in [2.05, 4.69) is 10.1 Å². The van der Waals surface area contributed by atoms with Crippen LogP contribution in [-0.2, 0) is 7.05 Å². The number of rotatable bonds is 2. The molecule has 0 aliphatic heterocycles. The SMILES string of the molecule is Cn1cc(-c2ccc(=N)n(C(=N)Sc3ccc4ncc(N)cc4c3)c2)cn1. The summed E-state index contributed by atoms with van der Waals surface area (Å²) < 4.78 is 3.28. The second kappa shape index (κ2) is 6.73. The van der Waals surface area contributed by atoms with E-state index >= 15 is 0 Å². The third kappa shape index (κ3) is 3.47. The van der Waals surface area contributed by atoms with Crippen molar-refractivity contribution < 1.29 is 0 Å². The van der Waals surface area contributed by atoms with Crippen LogP contribution in [0.25, 0.3) is 22.0 Å². The first kappa shape index (κ1) is 17.0. The Morgan fingerprint density at radius 3 is 2.70 bits per heavy atom. The van der Waals surface area contributed by atoms with Gasteiger partial charge in [-0.05, 0) is 36.4 Å². The number of nitrogens with one attached hydrogen (secondary N) is 2. The lowest BCUT2D eigenvalue weighted by Gasteiger charge is -2.10. The molecule has 3 heterocycles. The molecule has 1 aromatic carbocycles. The number of aryl methyl sites for hydroxylation is 1. The van der Waals surface area contributed by atoms with Crippen molar-refractivity contribution in [3.05, 3.63) is 66.7 Å². The second-order valence-electron chi connectivity index (χ2n) is 6.11. The molecule has 27 heavy (non-hydrogen) atoms. The van der Waals surface area contributed by atoms with E-state index < -0.39 is 0 Å². The van der Waals surface area contributed by atoms with Crippen LogP contribution in [0.2, 0.25) is 0 Å². The Hall–Kier alpha value is -3.39. The first-order chi connectivity index (χ1) is 13.0. The molecule has 0 fully saturated rings. The Bertz CT molecular complexity index is 1220. The predicted octanol–water partition coefficient (Wildman–Crippen LogP) is 3.07. The molecule has 134 valence electrons. The molecule has 3 aromatic heterocycles. The van der Waals surface area contributed by atoms with Gasteiger partial charge in [-0.1, -0.05) is 11.8 Å². The Morgan fingerprint density at radius 2 is 1.93 bits per heavy atom. The zero-order valence-corrected chi connectivity index (χ0v) is 15.4. The molecule has 0 spiro atoms. The fraction of sp³-hybridized carbons (Fsp3) is 0.0526. The molecule has 0 saturated heterocycles. The number of nitrogen functional groups attached to an aromatic ring is 1. The van der Waals surface area contributed by atoms with Gasteiger partial charge in [0.2, 0.25) is 0 Å². The lowest BCUT2D eigenvalue weighted by atomic mass is 10.2. The molecule has 0 bridgehead atoms. The van der Waals surface area contributed by atoms with Crippen molar-refractivity contribution in [2.75, 3.05) is 5.73 Å². The smallest absolute Gasteiger partial charge is 0.171 e. The van der Waals surface area contributed by atoms with E-state index in [4.69, 9.17) is 16.6 Å². The van der Waals surface area contributed by atoms with Gasteiger partial charge in [-0.25, -0.2) is 0 Å². The van der Waals surface area contributed by atoms with Gasteiger partial charge < -0.3 is 5.73 Å². The number of aromatic nitrogens is 4. The third-order valence-electron chi connectivity index (χ3n) is 4.09. The summed E-state index contributed by atoms with van der Waals surface area (Å²) in [6.07, 6.45) is 7.08. The quantitative estimate of drug-likeness (QED) is 0.284. The average Bonchev–Trinajstić information content (AvgIpc) is 3.08. The molecule has 0 radical (unpaired) electrons. The van der Waals surface area contributed by atoms with Gasteiger partial charge >= 0.3 is 0 Å². The lowest BCUT2D eigenvalue weighted by Crippen LogP contribution is -2.23. The lowest BCUT2D eigenvalue weighted by molar-refractivity contribution is 0.768. The van der Waals surface area contributed by atoms with Gasteiger partial charge in [-0.2, -0.15) is 5.10 Å². The summed E-state index contributed by atoms with van der Waals surface area (Å²) >= 11 is 1.28. The third-order valence-corrected chi connectivity index (χ3v) is 4.97. The Kier molecular flexibility index (Phi) is 4.25. The van der Waals surface area contributed by atoms with Gasteiger partial charge in [0.25, 0.3) is 0 Å². The van der Waals surface area contributed by atoms with Crippen molar-refractivity contribution in [1.82, 2.24) is 19.3 Å². The summed E-state index contributed by atoms with van der Waals surface area (Å²) in [7, 11) is 1.86. The first-order valence-corrected chi connectivity index (χ1v) is 9.00. The van der Waals surface area contributed by atoms with Gasteiger partial charge in [0.1, 0.15) is 5.49 Å². The Balaban J connectivity index is 1.66. The topological polar surface area (TPSA) is 109 Å². The van der Waals surface area contributed by atoms with E-state index in [0.29, 0.717) is 5.69 Å². The van der Waals surface area contributed by atoms with E-state index in [9.17, 15) is 0 Å². The van der Waals surface area contributed by atoms with E-state index in [1.165, 1.54) is 11.8 Å². The van der Waals surface area contributed by atoms with Crippen LogP contribution in [0.1, 0.15) is 0 Å². The van der Waals surface area contributed by atoms with Crippen molar-refractivity contribution in [1.29, 1.82) is 10.8 Å². The highest BCUT2D eigenvalue weighted by Gasteiger charge is 2.08. The van der Waals surface area contributed by atoms with Crippen LogP contribution in [-0.4, -0.2) is 24.5 Å². The second-order valence-corrected chi connectivity index (χ2v) is 7.17. The number of pyridine rings is 2. The minimum atomic E-state index is 0.238. The van der Waals surface area contributed by atoms with E-state index in [1.54, 1.807) is 33.9 Å². The summed E-state index contributed by atoms with van der Waals surface area (Å²) in [5, 5.41) is 22.0. The molecule has 4 aromatic rings. The molecule has 0 saturated carbocycles. The largest absolute Gasteiger partial charge is 0.397 e. The molecular weight excluding hydrogens is 358 g/mol. The molecule has 0 amide bonds. The zero-order chi connectivity index (χ0) is 19.0. The predicted molar refractivity (Wildman–Crippen MR) is 108 cm³/mol. The van der Waals surface area contributed by atoms with Gasteiger partial charge in [-0.15, -0.1) is 0 Å². The normalized spacial score (nSPS) is 11.0. The molecule has 8 heteroatoms. The van der Waals surface area contributed by atoms with Gasteiger partial charge in [0.05, 0.1) is 23.6 Å². The number of hydrogen-bond donors (Lipinski definition) is 3. The fourth-order valence-electron chi connectivity index (χ4n) is 2.76. The molecular formula is C19H17N7S. The average molecular weight is 375 g/mol. The minimum Gasteiger partial charge on any atom is -0.397 e. The highest BCUT2D eigenvalue weighted by atomic mass is 32.2. The molecule has 0 aliphatic carbocycles. The molecule has 0 unspecified atom stereocenters. The van der Waals surface area contributed by atoms with E-state index in [1.807, 2.05) is 43.6 Å². The van der Waals surface area contributed by atoms with Crippen LogP contribution >= 0.6 is 11.8 Å². The summed E-state index contributed by atoms with van der Waals surface area (Å²) in [4.78, 5) is 5.18. The van der Waals surface area contributed by atoms with Crippen LogP contribution in [0, 0.1) is 10.8 Å². The zero-order valence-electron chi connectivity index (χ0n) is 14.5. The molecule has 4 rings (SSSR count). The first-order valence-electron chi connectivity index (χ1n) is 8.18. The van der Waals surface area contributed by atoms with Gasteiger partial charge in [0.15, 0.2) is 5.17 Å². The molecule has 4 N–H and O–H groups in total. The van der Waals surface area contributed by atoms with Crippen molar-refractivity contribution in [3.8, 4) is 11.1 Å². The van der Waals surface area contributed by atoms with Crippen LogP contribution in [0.4, 0.5) is 5.69 Å². The summed E-state index contributed by atoms with van der Waals surface area (Å²) in [5.41, 5.74) is 9.36. The van der Waals surface area contributed by atoms with Gasteiger partial charge in [-0.3, -0.25) is 25.1 Å². The summed E-state index contributed by atoms with van der Waals surface area (Å²) in [6, 6.07) is 11.2. The van der Waals surface area contributed by atoms with Crippen LogP contribution in [0.15, 0.2) is 66.1 Å². The number of fused-ring (bicyclic) bond motifs is 1. The minimum absolute atomic E-state index is 0.238. The number of nitrogens with two attached hydrogens (primary N) is 1. The maximum atomic E-state index is 8.47. The maximum Gasteiger partial charge on any atom is 0.171 e. The van der Waals surface area contributed by atoms with Crippen LogP contribution in [0.5, 0.6) is 0 Å². The van der Waals surface area contributed by atoms with Crippen molar-refractivity contribution in [2.24, 2.45) is 7.05 Å². The summed E-state index contributed by atoms with van der Waals surface area (Å²) in [5.74, 6) is 0. The number of thioether (sulfide) groups is 1. The number of anilines is 1. The van der Waals surface area contributed by atoms with E-state index in [-0.39, 0.29) is 10.7 Å². The standard InChI is InChI=1S/C19H17N7S/c1-25-10-14(8-24-25)12-2-5-18(21)26(11-12)19(22)27-16-3-4-17-13(7-16)6-15(20)9-23-17/h2-11,21-22H,20H2,1H3. The van der Waals surface area contributed by atoms with Crippen molar-refractivity contribution in [3.63, 3.8) is 0 Å². The Morgan fingerprint density at radius 1 is 1.07 bits per heavy atom. The van der Waals surface area contributed by atoms with Crippen LogP contribution in [0.3, 0.4) is 0 Å². The fourth-order valence-corrected chi connectivity index (χ4v) is 3.56. The molecule has 0 atom stereocenters. The van der Waals surface area contributed by atoms with E-state index in [0.717, 1.165) is 26.9 Å². The van der Waals surface area contributed by atoms with Crippen molar-refractivity contribution in [2.45, 2.75) is 4.90 Å². The number of nitrogens with zero attached hydrogens (tertiary/aromatic N) is 4. The highest BCUT2D eigenvalue weighted by molar-refractivity contribution is 8.13. The highest BCUT2D eigenvalue weighted by Crippen LogP contribution is 2.25. The van der Waals surface area contributed by atoms with Crippen LogP contribution < -0.4 is 11.2 Å². The summed E-state index contributed by atoms with van der Waals surface area (Å²) in [6.45, 7) is 0. The number of benzene rings is 1. The maximum absolute atomic E-state index is 8.47.